The molecule has 9 heteroatoms. The molecule has 0 bridgehead atoms. The van der Waals surface area contributed by atoms with Crippen LogP contribution in [0.2, 0.25) is 0 Å². The number of hydrogen-bond acceptors (Lipinski definition) is 5. The highest BCUT2D eigenvalue weighted by Gasteiger charge is 2.41. The predicted molar refractivity (Wildman–Crippen MR) is 73.1 cm³/mol. The number of sulfonamides is 1. The van der Waals surface area contributed by atoms with Crippen LogP contribution in [0.5, 0.6) is 0 Å². The molecule has 1 unspecified atom stereocenters. The minimum Gasteiger partial charge on any atom is -0.447 e. The Kier molecular flexibility index (Phi) is 3.62. The van der Waals surface area contributed by atoms with Gasteiger partial charge in [0.05, 0.1) is 12.2 Å². The zero-order valence-electron chi connectivity index (χ0n) is 11.8. The van der Waals surface area contributed by atoms with Gasteiger partial charge in [0.1, 0.15) is 11.5 Å². The number of carbonyl (C=O) groups excluding carboxylic acids is 1. The lowest BCUT2D eigenvalue weighted by Gasteiger charge is -2.34. The summed E-state index contributed by atoms with van der Waals surface area (Å²) >= 11 is 0. The van der Waals surface area contributed by atoms with E-state index in [9.17, 15) is 13.2 Å². The number of rotatable bonds is 4. The molecular weight excluding hydrogens is 296 g/mol. The van der Waals surface area contributed by atoms with Crippen LogP contribution in [0.3, 0.4) is 0 Å². The van der Waals surface area contributed by atoms with E-state index in [0.29, 0.717) is 13.1 Å². The van der Waals surface area contributed by atoms with Gasteiger partial charge in [-0.05, 0) is 6.42 Å². The highest BCUT2D eigenvalue weighted by molar-refractivity contribution is 7.89. The van der Waals surface area contributed by atoms with E-state index in [-0.39, 0.29) is 36.7 Å². The summed E-state index contributed by atoms with van der Waals surface area (Å²) in [7, 11) is -3.56. The van der Waals surface area contributed by atoms with Crippen molar-refractivity contribution in [2.24, 2.45) is 0 Å². The van der Waals surface area contributed by atoms with Gasteiger partial charge >= 0.3 is 6.09 Å². The molecule has 21 heavy (non-hydrogen) atoms. The van der Waals surface area contributed by atoms with Crippen LogP contribution in [0.4, 0.5) is 4.79 Å². The van der Waals surface area contributed by atoms with E-state index < -0.39 is 10.0 Å². The van der Waals surface area contributed by atoms with Crippen LogP contribution in [0.1, 0.15) is 13.3 Å². The average Bonchev–Trinajstić information content (AvgIpc) is 3.07. The van der Waals surface area contributed by atoms with Gasteiger partial charge in [0.15, 0.2) is 0 Å². The fourth-order valence-corrected chi connectivity index (χ4v) is 4.08. The van der Waals surface area contributed by atoms with Crippen molar-refractivity contribution in [1.82, 2.24) is 19.0 Å². The van der Waals surface area contributed by atoms with Gasteiger partial charge < -0.3 is 4.74 Å². The second-order valence-electron chi connectivity index (χ2n) is 5.23. The maximum Gasteiger partial charge on any atom is 0.410 e. The zero-order chi connectivity index (χ0) is 15.0. The molecule has 0 radical (unpaired) electrons. The molecule has 0 N–H and O–H groups in total. The normalized spacial score (nSPS) is 23.2. The number of ether oxygens (including phenoxy) is 1. The topological polar surface area (TPSA) is 84.7 Å². The molecule has 1 aromatic rings. The van der Waals surface area contributed by atoms with Gasteiger partial charge in [-0.1, -0.05) is 6.92 Å². The number of nitrogens with zero attached hydrogens (tertiary/aromatic N) is 4. The number of piperazine rings is 1. The highest BCUT2D eigenvalue weighted by Crippen LogP contribution is 2.23. The summed E-state index contributed by atoms with van der Waals surface area (Å²) in [5.41, 5.74) is 0. The van der Waals surface area contributed by atoms with Crippen LogP contribution in [-0.4, -0.2) is 65.8 Å². The van der Waals surface area contributed by atoms with E-state index in [1.165, 1.54) is 10.5 Å². The number of carbonyl (C=O) groups is 1. The summed E-state index contributed by atoms with van der Waals surface area (Å²) < 4.78 is 33.2. The largest absolute Gasteiger partial charge is 0.447 e. The van der Waals surface area contributed by atoms with Crippen molar-refractivity contribution >= 4 is 16.1 Å². The molecule has 2 aliphatic rings. The fraction of sp³-hybridized carbons (Fsp3) is 0.667. The number of aromatic nitrogens is 2. The lowest BCUT2D eigenvalue weighted by atomic mass is 10.2. The summed E-state index contributed by atoms with van der Waals surface area (Å²) in [6, 6.07) is -0.188. The van der Waals surface area contributed by atoms with Crippen molar-refractivity contribution in [3.63, 3.8) is 0 Å². The zero-order valence-corrected chi connectivity index (χ0v) is 12.6. The first-order chi connectivity index (χ1) is 10.0. The summed E-state index contributed by atoms with van der Waals surface area (Å²) in [5, 5.41) is 4.07. The Morgan fingerprint density at radius 2 is 2.24 bits per heavy atom. The molecule has 116 valence electrons. The van der Waals surface area contributed by atoms with Crippen LogP contribution in [-0.2, 0) is 21.3 Å². The van der Waals surface area contributed by atoms with Gasteiger partial charge in [0.25, 0.3) is 0 Å². The molecule has 0 saturated carbocycles. The Morgan fingerprint density at radius 3 is 3.00 bits per heavy atom. The average molecular weight is 314 g/mol. The molecule has 1 amide bonds. The van der Waals surface area contributed by atoms with Crippen molar-refractivity contribution in [2.45, 2.75) is 30.8 Å². The van der Waals surface area contributed by atoms with Gasteiger partial charge in [-0.2, -0.15) is 9.40 Å². The molecule has 1 atom stereocenters. The van der Waals surface area contributed by atoms with Gasteiger partial charge in [0, 0.05) is 32.4 Å². The standard InChI is InChI=1S/C12H18N4O4S/c1-2-3-14-8-11(6-13-14)21(18,19)15-4-5-16-10(7-15)9-20-12(16)17/h6,8,10H,2-5,7,9H2,1H3. The molecule has 1 aromatic heterocycles. The molecule has 3 heterocycles. The number of cyclic esters (lactones) is 1. The first kappa shape index (κ1) is 14.3. The van der Waals surface area contributed by atoms with Crippen molar-refractivity contribution < 1.29 is 17.9 Å². The minimum atomic E-state index is -3.56. The third-order valence-electron chi connectivity index (χ3n) is 3.78. The van der Waals surface area contributed by atoms with E-state index in [4.69, 9.17) is 4.74 Å². The van der Waals surface area contributed by atoms with Crippen LogP contribution in [0.15, 0.2) is 17.3 Å². The lowest BCUT2D eigenvalue weighted by molar-refractivity contribution is 0.147. The van der Waals surface area contributed by atoms with Gasteiger partial charge in [0.2, 0.25) is 10.0 Å². The molecule has 0 aliphatic carbocycles. The second-order valence-corrected chi connectivity index (χ2v) is 7.16. The third-order valence-corrected chi connectivity index (χ3v) is 5.60. The van der Waals surface area contributed by atoms with Gasteiger partial charge in [-0.3, -0.25) is 9.58 Å². The maximum atomic E-state index is 12.6. The molecule has 2 fully saturated rings. The molecule has 0 spiro atoms. The molecule has 2 saturated heterocycles. The Hall–Kier alpha value is -1.61. The minimum absolute atomic E-state index is 0.188. The maximum absolute atomic E-state index is 12.6. The van der Waals surface area contributed by atoms with Crippen molar-refractivity contribution in [2.75, 3.05) is 26.2 Å². The summed E-state index contributed by atoms with van der Waals surface area (Å²) in [5.74, 6) is 0. The summed E-state index contributed by atoms with van der Waals surface area (Å²) in [4.78, 5) is 13.2. The Morgan fingerprint density at radius 1 is 1.43 bits per heavy atom. The van der Waals surface area contributed by atoms with Crippen LogP contribution < -0.4 is 0 Å². The SMILES string of the molecule is CCCn1cc(S(=O)(=O)N2CCN3C(=O)OCC3C2)cn1. The van der Waals surface area contributed by atoms with Crippen molar-refractivity contribution in [3.8, 4) is 0 Å². The number of fused-ring (bicyclic) bond motifs is 1. The van der Waals surface area contributed by atoms with Crippen LogP contribution in [0, 0.1) is 0 Å². The van der Waals surface area contributed by atoms with Crippen LogP contribution in [0.25, 0.3) is 0 Å². The predicted octanol–water partition coefficient (Wildman–Crippen LogP) is 0.118. The quantitative estimate of drug-likeness (QED) is 0.788. The van der Waals surface area contributed by atoms with Crippen LogP contribution >= 0.6 is 0 Å². The van der Waals surface area contributed by atoms with E-state index >= 15 is 0 Å². The van der Waals surface area contributed by atoms with Gasteiger partial charge in [-0.25, -0.2) is 13.2 Å². The van der Waals surface area contributed by atoms with E-state index in [2.05, 4.69) is 5.10 Å². The number of amides is 1. The second kappa shape index (κ2) is 5.30. The van der Waals surface area contributed by atoms with E-state index in [1.54, 1.807) is 15.8 Å². The fourth-order valence-electron chi connectivity index (χ4n) is 2.66. The van der Waals surface area contributed by atoms with E-state index in [0.717, 1.165) is 6.42 Å². The van der Waals surface area contributed by atoms with Gasteiger partial charge in [-0.15, -0.1) is 0 Å². The molecule has 8 nitrogen and oxygen atoms in total. The number of aryl methyl sites for hydroxylation is 1. The molecule has 0 aromatic carbocycles. The first-order valence-electron chi connectivity index (χ1n) is 6.98. The van der Waals surface area contributed by atoms with Crippen molar-refractivity contribution in [3.05, 3.63) is 12.4 Å². The number of hydrogen-bond donors (Lipinski definition) is 0. The Labute approximate surface area is 123 Å². The molecule has 2 aliphatic heterocycles. The molecular formula is C12H18N4O4S. The highest BCUT2D eigenvalue weighted by atomic mass is 32.2. The smallest absolute Gasteiger partial charge is 0.410 e. The Bertz CT molecular complexity index is 641. The summed E-state index contributed by atoms with van der Waals surface area (Å²) in [6.07, 6.45) is 3.48. The first-order valence-corrected chi connectivity index (χ1v) is 8.42. The monoisotopic (exact) mass is 314 g/mol. The van der Waals surface area contributed by atoms with Crippen molar-refractivity contribution in [1.29, 1.82) is 0 Å². The summed E-state index contributed by atoms with van der Waals surface area (Å²) in [6.45, 7) is 3.87. The molecule has 3 rings (SSSR count). The van der Waals surface area contributed by atoms with E-state index in [1.807, 2.05) is 6.92 Å². The lowest BCUT2D eigenvalue weighted by Crippen LogP contribution is -2.53. The third kappa shape index (κ3) is 2.51. The Balaban J connectivity index is 1.77.